The normalized spacial score (nSPS) is 21.9. The number of rotatable bonds is 17. The number of fused-ring (bicyclic) bond motifs is 3. The second-order valence-corrected chi connectivity index (χ2v) is 25.5. The summed E-state index contributed by atoms with van der Waals surface area (Å²) in [6.07, 6.45) is -1.42. The van der Waals surface area contributed by atoms with E-state index < -0.39 is 173 Å². The number of amides is 9. The molecular weight excluding hydrogens is 1170 g/mol. The van der Waals surface area contributed by atoms with Gasteiger partial charge in [0.1, 0.15) is 59.7 Å². The summed E-state index contributed by atoms with van der Waals surface area (Å²) in [7, 11) is 5.53. The van der Waals surface area contributed by atoms with Crippen molar-refractivity contribution in [1.82, 2.24) is 50.8 Å². The second kappa shape index (κ2) is 28.9. The van der Waals surface area contributed by atoms with E-state index in [-0.39, 0.29) is 59.1 Å². The highest BCUT2D eigenvalue weighted by molar-refractivity contribution is 6.10. The molecule has 0 radical (unpaired) electrons. The lowest BCUT2D eigenvalue weighted by Gasteiger charge is -2.36. The summed E-state index contributed by atoms with van der Waals surface area (Å²) in [4.78, 5) is 194. The first-order valence-electron chi connectivity index (χ1n) is 30.6. The molecule has 492 valence electrons. The quantitative estimate of drug-likeness (QED) is 0.0555. The second-order valence-electron chi connectivity index (χ2n) is 25.5. The number of nitrogens with one attached hydrogen (secondary N) is 4. The minimum atomic E-state index is -1.87. The van der Waals surface area contributed by atoms with Crippen LogP contribution in [0.5, 0.6) is 0 Å². The van der Waals surface area contributed by atoms with Crippen LogP contribution in [0.15, 0.2) is 21.3 Å². The monoisotopic (exact) mass is 1260 g/mol. The Balaban J connectivity index is 1.40. The molecule has 0 spiro atoms. The maximum absolute atomic E-state index is 15.1. The zero-order valence-corrected chi connectivity index (χ0v) is 54.6. The average Bonchev–Trinajstić information content (AvgIpc) is 0.876. The van der Waals surface area contributed by atoms with Crippen molar-refractivity contribution in [2.75, 3.05) is 60.1 Å². The van der Waals surface area contributed by atoms with Gasteiger partial charge in [0.25, 0.3) is 23.8 Å². The number of carbonyl (C=O) groups excluding carboxylic acids is 11. The molecule has 5 aliphatic rings. The molecular formula is C62H89N12O16+. The van der Waals surface area contributed by atoms with Crippen molar-refractivity contribution < 1.29 is 71.4 Å². The highest BCUT2D eigenvalue weighted by atomic mass is 16.6. The number of nitrogens with two attached hydrogens (primary N) is 1. The summed E-state index contributed by atoms with van der Waals surface area (Å²) in [5, 5.41) is 10.8. The van der Waals surface area contributed by atoms with Gasteiger partial charge in [0.15, 0.2) is 17.9 Å². The SMILES string of the molecule is Cc1c2oc3c(C)ccc(C(=O)NC(C(=O)NC(C)C(C)C)C(C)OC(=O)C(C(C)C)N(C)C(=O)CN(C)C(=O)C4CCC[N+]4=O)c3nc-2c(C(=O)NC2C(=O)NC(C(C)C)C(=O)N3CCCC3C(=O)N(C)CC(=O)N(C)C(C(C)C)C(=O)OC2C)c(N)c1=O. The predicted octanol–water partition coefficient (Wildman–Crippen LogP) is 1.68. The van der Waals surface area contributed by atoms with Crippen LogP contribution in [0.3, 0.4) is 0 Å². The molecule has 28 heteroatoms. The lowest BCUT2D eigenvalue weighted by Crippen LogP contribution is -2.61. The lowest BCUT2D eigenvalue weighted by atomic mass is 9.98. The predicted molar refractivity (Wildman–Crippen MR) is 328 cm³/mol. The summed E-state index contributed by atoms with van der Waals surface area (Å²) in [5.74, 6) is -11.0. The van der Waals surface area contributed by atoms with E-state index in [4.69, 9.17) is 24.6 Å². The van der Waals surface area contributed by atoms with Crippen LogP contribution in [0.25, 0.3) is 22.6 Å². The molecule has 90 heavy (non-hydrogen) atoms. The summed E-state index contributed by atoms with van der Waals surface area (Å²) in [6, 6.07) is -6.83. The summed E-state index contributed by atoms with van der Waals surface area (Å²) in [6.45, 7) is 20.5. The third-order valence-corrected chi connectivity index (χ3v) is 17.3. The number of aryl methyl sites for hydroxylation is 1. The molecule has 10 unspecified atom stereocenters. The molecule has 9 amide bonds. The Kier molecular flexibility index (Phi) is 22.7. The Hall–Kier alpha value is -8.59. The van der Waals surface area contributed by atoms with Gasteiger partial charge >= 0.3 is 11.9 Å². The fourth-order valence-corrected chi connectivity index (χ4v) is 11.5. The van der Waals surface area contributed by atoms with Crippen molar-refractivity contribution in [2.45, 2.75) is 176 Å². The van der Waals surface area contributed by atoms with Gasteiger partial charge in [-0.3, -0.25) is 47.9 Å². The molecule has 4 heterocycles. The van der Waals surface area contributed by atoms with E-state index in [1.807, 2.05) is 13.8 Å². The number of hydrogen-bond donors (Lipinski definition) is 5. The number of hydrogen-bond acceptors (Lipinski definition) is 18. The highest BCUT2D eigenvalue weighted by Crippen LogP contribution is 2.35. The van der Waals surface area contributed by atoms with E-state index >= 15 is 4.79 Å². The van der Waals surface area contributed by atoms with Crippen molar-refractivity contribution in [1.29, 1.82) is 0 Å². The van der Waals surface area contributed by atoms with E-state index in [2.05, 4.69) is 21.3 Å². The number of benzene rings is 2. The first-order chi connectivity index (χ1) is 42.0. The van der Waals surface area contributed by atoms with Crippen LogP contribution in [0.1, 0.15) is 134 Å². The topological polar surface area (TPSA) is 360 Å². The Labute approximate surface area is 523 Å². The third kappa shape index (κ3) is 15.0. The van der Waals surface area contributed by atoms with E-state index in [9.17, 15) is 57.6 Å². The maximum Gasteiger partial charge on any atom is 0.329 e. The van der Waals surface area contributed by atoms with Gasteiger partial charge in [-0.15, -0.1) is 0 Å². The largest absolute Gasteiger partial charge is 0.458 e. The Morgan fingerprint density at radius 1 is 0.867 bits per heavy atom. The van der Waals surface area contributed by atoms with Gasteiger partial charge in [-0.25, -0.2) is 14.6 Å². The molecule has 6 N–H and O–H groups in total. The number of nitroso groups, excluding NO2 is 1. The van der Waals surface area contributed by atoms with Crippen molar-refractivity contribution in [3.05, 3.63) is 49.5 Å². The zero-order valence-electron chi connectivity index (χ0n) is 54.6. The van der Waals surface area contributed by atoms with E-state index in [0.29, 0.717) is 29.6 Å². The smallest absolute Gasteiger partial charge is 0.329 e. The van der Waals surface area contributed by atoms with E-state index in [1.54, 1.807) is 55.4 Å². The van der Waals surface area contributed by atoms with Crippen LogP contribution >= 0.6 is 0 Å². The Bertz CT molecular complexity index is 3360. The molecule has 0 saturated carbocycles. The van der Waals surface area contributed by atoms with Crippen molar-refractivity contribution in [3.63, 3.8) is 0 Å². The fourth-order valence-electron chi connectivity index (χ4n) is 11.5. The number of anilines is 1. The minimum absolute atomic E-state index is 0.0466. The molecule has 1 aliphatic carbocycles. The molecule has 1 aromatic rings. The molecule has 4 aliphatic heterocycles. The fraction of sp³-hybridized carbons (Fsp3) is 0.629. The third-order valence-electron chi connectivity index (χ3n) is 17.3. The van der Waals surface area contributed by atoms with Gasteiger partial charge in [0, 0.05) is 68.8 Å². The first-order valence-corrected chi connectivity index (χ1v) is 30.6. The number of carbonyl (C=O) groups is 11. The van der Waals surface area contributed by atoms with Crippen LogP contribution in [0, 0.1) is 42.4 Å². The van der Waals surface area contributed by atoms with Gasteiger partial charge in [-0.1, -0.05) is 61.5 Å². The Morgan fingerprint density at radius 2 is 1.52 bits per heavy atom. The van der Waals surface area contributed by atoms with Gasteiger partial charge in [-0.05, 0) is 82.8 Å². The highest BCUT2D eigenvalue weighted by Gasteiger charge is 2.46. The standard InChI is InChI=1S/C62H88N12O16/c1-28(2)34(11)64-56(80)45(35(12)88-61(85)49(30(5)6)72(17)41(76)27-70(15)59(83)39-21-19-25-74(39)87)67-54(78)37-23-22-32(9)52-47(37)65-48-42(43(63)51(77)33(10)53(48)90-52)55(79)68-46-36(13)89-62(86)50(31(7)8)71(16)40(75)26-69(14)58(82)38-20-18-24-73(38)60(84)44(29(3)4)66-57(46)81/h22-23,28-31,34-36,38-39,44-46,49-50H,18-21,24-27H2,1-17H3,(H5-,63,64,65,66,67,68,78,79,80,81)/p+1. The van der Waals surface area contributed by atoms with Crippen LogP contribution in [0.4, 0.5) is 5.69 Å². The minimum Gasteiger partial charge on any atom is -0.458 e. The average molecular weight is 1260 g/mol. The van der Waals surface area contributed by atoms with Gasteiger partial charge in [0.2, 0.25) is 40.9 Å². The first kappa shape index (κ1) is 70.5. The number of likely N-dealkylation sites (N-methyl/N-ethyl adjacent to an activating group) is 4. The van der Waals surface area contributed by atoms with Gasteiger partial charge in [0.05, 0.1) is 29.9 Å². The summed E-state index contributed by atoms with van der Waals surface area (Å²) < 4.78 is 19.0. The van der Waals surface area contributed by atoms with Crippen molar-refractivity contribution in [2.24, 2.45) is 23.7 Å². The summed E-state index contributed by atoms with van der Waals surface area (Å²) >= 11 is 0. The lowest BCUT2D eigenvalue weighted by molar-refractivity contribution is -0.552. The maximum atomic E-state index is 15.1. The molecule has 6 rings (SSSR count). The van der Waals surface area contributed by atoms with E-state index in [1.165, 1.54) is 70.9 Å². The van der Waals surface area contributed by atoms with Crippen LogP contribution in [0.2, 0.25) is 0 Å². The number of esters is 2. The molecule has 3 fully saturated rings. The van der Waals surface area contributed by atoms with Crippen LogP contribution < -0.4 is 32.4 Å². The molecule has 10 atom stereocenters. The number of cyclic esters (lactones) is 1. The van der Waals surface area contributed by atoms with Crippen LogP contribution in [-0.4, -0.2) is 214 Å². The van der Waals surface area contributed by atoms with Gasteiger partial charge < -0.3 is 65.4 Å². The number of nitrogen functional groups attached to an aromatic ring is 1. The van der Waals surface area contributed by atoms with E-state index in [0.717, 1.165) is 14.7 Å². The number of nitrogens with zero attached hydrogens (tertiary/aromatic N) is 7. The zero-order chi connectivity index (χ0) is 67.4. The van der Waals surface area contributed by atoms with Crippen molar-refractivity contribution >= 4 is 81.9 Å². The molecule has 0 aromatic heterocycles. The molecule has 28 nitrogen and oxygen atoms in total. The summed E-state index contributed by atoms with van der Waals surface area (Å²) in [5.41, 5.74) is 3.78. The molecule has 3 saturated heterocycles. The van der Waals surface area contributed by atoms with Gasteiger partial charge in [-0.2, -0.15) is 0 Å². The Morgan fingerprint density at radius 3 is 2.11 bits per heavy atom. The number of aromatic nitrogens is 1. The molecule has 1 aromatic carbocycles. The number of ether oxygens (including phenoxy) is 2. The van der Waals surface area contributed by atoms with Crippen LogP contribution in [-0.2, 0) is 52.6 Å². The van der Waals surface area contributed by atoms with Crippen molar-refractivity contribution in [3.8, 4) is 11.5 Å². The molecule has 0 bridgehead atoms.